The molecule has 1 aromatic heterocycles. The van der Waals surface area contributed by atoms with Crippen molar-refractivity contribution in [1.29, 1.82) is 0 Å². The summed E-state index contributed by atoms with van der Waals surface area (Å²) in [5.74, 6) is -0.121. The summed E-state index contributed by atoms with van der Waals surface area (Å²) in [6.45, 7) is 8.14. The molecule has 1 unspecified atom stereocenters. The predicted octanol–water partition coefficient (Wildman–Crippen LogP) is 2.12. The van der Waals surface area contributed by atoms with Gasteiger partial charge in [-0.3, -0.25) is 9.78 Å². The zero-order valence-electron chi connectivity index (χ0n) is 13.1. The van der Waals surface area contributed by atoms with Crippen LogP contribution in [0.15, 0.2) is 18.3 Å². The number of nitrogens with one attached hydrogen (secondary N) is 2. The molecule has 2 heterocycles. The van der Waals surface area contributed by atoms with E-state index in [0.29, 0.717) is 18.3 Å². The molecule has 0 bridgehead atoms. The first-order valence-corrected chi connectivity index (χ1v) is 7.92. The monoisotopic (exact) mass is 290 g/mol. The van der Waals surface area contributed by atoms with Gasteiger partial charge in [-0.05, 0) is 51.9 Å². The molecule has 1 aromatic rings. The van der Waals surface area contributed by atoms with Crippen molar-refractivity contribution in [1.82, 2.24) is 15.2 Å². The molecule has 5 nitrogen and oxygen atoms in total. The highest BCUT2D eigenvalue weighted by molar-refractivity contribution is 5.93. The molecular formula is C16H26N4O. The lowest BCUT2D eigenvalue weighted by molar-refractivity contribution is 0.0951. The van der Waals surface area contributed by atoms with Crippen LogP contribution >= 0.6 is 0 Å². The van der Waals surface area contributed by atoms with Gasteiger partial charge in [-0.25, -0.2) is 0 Å². The molecular weight excluding hydrogens is 264 g/mol. The normalized spacial score (nSPS) is 17.2. The lowest BCUT2D eigenvalue weighted by atomic mass is 10.1. The fourth-order valence-corrected chi connectivity index (χ4v) is 2.76. The number of likely N-dealkylation sites (tertiary alicyclic amines) is 1. The Bertz CT molecular complexity index is 457. The van der Waals surface area contributed by atoms with E-state index in [9.17, 15) is 4.79 Å². The van der Waals surface area contributed by atoms with Gasteiger partial charge < -0.3 is 15.5 Å². The quantitative estimate of drug-likeness (QED) is 0.842. The number of carbonyl (C=O) groups excluding carboxylic acids is 1. The molecule has 21 heavy (non-hydrogen) atoms. The molecule has 1 aliphatic rings. The van der Waals surface area contributed by atoms with E-state index in [-0.39, 0.29) is 5.91 Å². The molecule has 1 aliphatic heterocycles. The molecule has 1 saturated heterocycles. The van der Waals surface area contributed by atoms with Gasteiger partial charge in [0.1, 0.15) is 5.69 Å². The molecule has 0 spiro atoms. The van der Waals surface area contributed by atoms with E-state index in [2.05, 4.69) is 27.4 Å². The lowest BCUT2D eigenvalue weighted by Crippen LogP contribution is -2.38. The minimum atomic E-state index is -0.121. The first-order valence-electron chi connectivity index (χ1n) is 7.92. The summed E-state index contributed by atoms with van der Waals surface area (Å²) in [6, 6.07) is 4.08. The number of rotatable bonds is 6. The topological polar surface area (TPSA) is 57.3 Å². The van der Waals surface area contributed by atoms with E-state index in [1.54, 1.807) is 6.20 Å². The maximum atomic E-state index is 11.8. The summed E-state index contributed by atoms with van der Waals surface area (Å²) < 4.78 is 0. The van der Waals surface area contributed by atoms with Gasteiger partial charge in [0, 0.05) is 31.0 Å². The van der Waals surface area contributed by atoms with E-state index in [1.165, 1.54) is 32.4 Å². The van der Waals surface area contributed by atoms with Crippen molar-refractivity contribution in [2.75, 3.05) is 31.5 Å². The fraction of sp³-hybridized carbons (Fsp3) is 0.625. The Morgan fingerprint density at radius 1 is 1.38 bits per heavy atom. The van der Waals surface area contributed by atoms with Gasteiger partial charge in [0.25, 0.3) is 5.91 Å². The van der Waals surface area contributed by atoms with Crippen molar-refractivity contribution in [2.24, 2.45) is 0 Å². The Kier molecular flexibility index (Phi) is 5.99. The first-order chi connectivity index (χ1) is 10.2. The number of piperidine rings is 1. The van der Waals surface area contributed by atoms with Crippen molar-refractivity contribution >= 4 is 11.6 Å². The van der Waals surface area contributed by atoms with Crippen LogP contribution in [-0.2, 0) is 0 Å². The molecule has 116 valence electrons. The van der Waals surface area contributed by atoms with E-state index >= 15 is 0 Å². The average molecular weight is 290 g/mol. The number of nitrogens with zero attached hydrogens (tertiary/aromatic N) is 2. The second-order valence-electron chi connectivity index (χ2n) is 5.70. The van der Waals surface area contributed by atoms with Crippen molar-refractivity contribution in [3.8, 4) is 0 Å². The van der Waals surface area contributed by atoms with Crippen molar-refractivity contribution in [2.45, 2.75) is 39.2 Å². The Hall–Kier alpha value is -1.62. The Morgan fingerprint density at radius 2 is 2.14 bits per heavy atom. The summed E-state index contributed by atoms with van der Waals surface area (Å²) in [5.41, 5.74) is 1.42. The van der Waals surface area contributed by atoms with Crippen LogP contribution in [0.5, 0.6) is 0 Å². The van der Waals surface area contributed by atoms with Crippen LogP contribution < -0.4 is 10.6 Å². The highest BCUT2D eigenvalue weighted by Crippen LogP contribution is 2.13. The molecule has 0 radical (unpaired) electrons. The zero-order valence-corrected chi connectivity index (χ0v) is 13.1. The maximum absolute atomic E-state index is 11.8. The molecule has 1 atom stereocenters. The molecule has 2 rings (SSSR count). The molecule has 2 N–H and O–H groups in total. The number of aromatic nitrogens is 1. The van der Waals surface area contributed by atoms with Crippen LogP contribution in [0.1, 0.15) is 43.6 Å². The second kappa shape index (κ2) is 7.98. The molecule has 0 saturated carbocycles. The first kappa shape index (κ1) is 15.8. The van der Waals surface area contributed by atoms with Gasteiger partial charge >= 0.3 is 0 Å². The average Bonchev–Trinajstić information content (AvgIpc) is 2.48. The number of amides is 1. The van der Waals surface area contributed by atoms with Crippen molar-refractivity contribution in [3.05, 3.63) is 24.0 Å². The summed E-state index contributed by atoms with van der Waals surface area (Å²) in [6.07, 6.45) is 5.66. The van der Waals surface area contributed by atoms with Crippen LogP contribution in [-0.4, -0.2) is 48.0 Å². The molecule has 5 heteroatoms. The van der Waals surface area contributed by atoms with Gasteiger partial charge in [-0.2, -0.15) is 0 Å². The lowest BCUT2D eigenvalue weighted by Gasteiger charge is -2.29. The highest BCUT2D eigenvalue weighted by atomic mass is 16.1. The number of hydrogen-bond acceptors (Lipinski definition) is 4. The Labute approximate surface area is 127 Å². The molecule has 0 aliphatic carbocycles. The fourth-order valence-electron chi connectivity index (χ4n) is 2.76. The van der Waals surface area contributed by atoms with E-state index in [4.69, 9.17) is 0 Å². The van der Waals surface area contributed by atoms with Crippen LogP contribution in [0.4, 0.5) is 5.69 Å². The van der Waals surface area contributed by atoms with Crippen LogP contribution in [0, 0.1) is 0 Å². The van der Waals surface area contributed by atoms with Gasteiger partial charge in [-0.1, -0.05) is 6.42 Å². The molecule has 0 aromatic carbocycles. The standard InChI is InChI=1S/C16H26N4O/c1-3-17-16(21)15-11-14(7-8-18-15)19-13(2)12-20-9-5-4-6-10-20/h7-8,11,13H,3-6,9-10,12H2,1-2H3,(H,17,21)(H,18,19). The van der Waals surface area contributed by atoms with Gasteiger partial charge in [0.05, 0.1) is 0 Å². The third kappa shape index (κ3) is 5.01. The van der Waals surface area contributed by atoms with Crippen molar-refractivity contribution < 1.29 is 4.79 Å². The van der Waals surface area contributed by atoms with E-state index in [1.807, 2.05) is 19.1 Å². The summed E-state index contributed by atoms with van der Waals surface area (Å²) in [5, 5.41) is 6.24. The zero-order chi connectivity index (χ0) is 15.1. The second-order valence-corrected chi connectivity index (χ2v) is 5.70. The smallest absolute Gasteiger partial charge is 0.269 e. The Balaban J connectivity index is 1.89. The molecule has 1 fully saturated rings. The number of carbonyl (C=O) groups is 1. The van der Waals surface area contributed by atoms with Crippen LogP contribution in [0.25, 0.3) is 0 Å². The van der Waals surface area contributed by atoms with Crippen LogP contribution in [0.2, 0.25) is 0 Å². The van der Waals surface area contributed by atoms with Gasteiger partial charge in [-0.15, -0.1) is 0 Å². The third-order valence-corrected chi connectivity index (χ3v) is 3.72. The molecule has 1 amide bonds. The largest absolute Gasteiger partial charge is 0.381 e. The highest BCUT2D eigenvalue weighted by Gasteiger charge is 2.14. The van der Waals surface area contributed by atoms with E-state index in [0.717, 1.165) is 12.2 Å². The minimum Gasteiger partial charge on any atom is -0.381 e. The minimum absolute atomic E-state index is 0.121. The third-order valence-electron chi connectivity index (χ3n) is 3.72. The summed E-state index contributed by atoms with van der Waals surface area (Å²) >= 11 is 0. The van der Waals surface area contributed by atoms with Gasteiger partial charge in [0.2, 0.25) is 0 Å². The summed E-state index contributed by atoms with van der Waals surface area (Å²) in [7, 11) is 0. The number of anilines is 1. The SMILES string of the molecule is CCNC(=O)c1cc(NC(C)CN2CCCCC2)ccn1. The maximum Gasteiger partial charge on any atom is 0.269 e. The summed E-state index contributed by atoms with van der Waals surface area (Å²) in [4.78, 5) is 18.4. The van der Waals surface area contributed by atoms with Crippen molar-refractivity contribution in [3.63, 3.8) is 0 Å². The number of hydrogen-bond donors (Lipinski definition) is 2. The van der Waals surface area contributed by atoms with E-state index < -0.39 is 0 Å². The van der Waals surface area contributed by atoms with Crippen LogP contribution in [0.3, 0.4) is 0 Å². The van der Waals surface area contributed by atoms with Gasteiger partial charge in [0.15, 0.2) is 0 Å². The number of pyridine rings is 1. The predicted molar refractivity (Wildman–Crippen MR) is 85.6 cm³/mol. The Morgan fingerprint density at radius 3 is 2.86 bits per heavy atom.